The lowest BCUT2D eigenvalue weighted by Crippen LogP contribution is -2.25. The summed E-state index contributed by atoms with van der Waals surface area (Å²) in [6.45, 7) is 4.64. The van der Waals surface area contributed by atoms with Gasteiger partial charge in [-0.3, -0.25) is 0 Å². The third-order valence-corrected chi connectivity index (χ3v) is 8.13. The number of hydrogen-bond acceptors (Lipinski definition) is 0. The van der Waals surface area contributed by atoms with E-state index in [0.29, 0.717) is 0 Å². The molecule has 0 aromatic carbocycles. The summed E-state index contributed by atoms with van der Waals surface area (Å²) in [5, 5.41) is 0. The Balaban J connectivity index is 1.48. The lowest BCUT2D eigenvalue weighted by molar-refractivity contribution is 0.139. The van der Waals surface area contributed by atoms with E-state index in [9.17, 15) is 0 Å². The maximum atomic E-state index is 2.32. The van der Waals surface area contributed by atoms with Gasteiger partial charge < -0.3 is 0 Å². The molecule has 0 aliphatic heterocycles. The molecule has 27 heavy (non-hydrogen) atoms. The Hall–Kier alpha value is 0. The molecule has 0 unspecified atom stereocenters. The molecule has 2 saturated carbocycles. The van der Waals surface area contributed by atoms with Gasteiger partial charge >= 0.3 is 0 Å². The predicted octanol–water partition coefficient (Wildman–Crippen LogP) is 9.71. The van der Waals surface area contributed by atoms with Crippen molar-refractivity contribution in [2.75, 3.05) is 0 Å². The zero-order valence-electron chi connectivity index (χ0n) is 19.2. The molecule has 0 atom stereocenters. The Bertz CT molecular complexity index is 317. The molecule has 0 spiro atoms. The molecule has 2 aliphatic carbocycles. The first kappa shape index (κ1) is 23.3. The van der Waals surface area contributed by atoms with Crippen LogP contribution in [-0.4, -0.2) is 0 Å². The summed E-state index contributed by atoms with van der Waals surface area (Å²) in [4.78, 5) is 0. The van der Waals surface area contributed by atoms with E-state index in [4.69, 9.17) is 0 Å². The minimum absolute atomic E-state index is 1.09. The van der Waals surface area contributed by atoms with Crippen LogP contribution in [0.3, 0.4) is 0 Å². The van der Waals surface area contributed by atoms with Crippen LogP contribution in [0.1, 0.15) is 149 Å². The molecule has 0 heterocycles. The van der Waals surface area contributed by atoms with Crippen LogP contribution >= 0.6 is 0 Å². The monoisotopic (exact) mass is 376 g/mol. The van der Waals surface area contributed by atoms with Crippen molar-refractivity contribution in [3.8, 4) is 0 Å². The predicted molar refractivity (Wildman–Crippen MR) is 122 cm³/mol. The molecule has 0 heteroatoms. The lowest BCUT2D eigenvalue weighted by Gasteiger charge is -2.38. The lowest BCUT2D eigenvalue weighted by atomic mass is 9.68. The van der Waals surface area contributed by atoms with Crippen LogP contribution in [0.25, 0.3) is 0 Å². The van der Waals surface area contributed by atoms with Gasteiger partial charge in [0.05, 0.1) is 0 Å². The molecular weight excluding hydrogens is 324 g/mol. The second-order valence-electron chi connectivity index (χ2n) is 10.3. The van der Waals surface area contributed by atoms with E-state index in [1.165, 1.54) is 70.6 Å². The van der Waals surface area contributed by atoms with Gasteiger partial charge in [-0.15, -0.1) is 0 Å². The Morgan fingerprint density at radius 1 is 0.407 bits per heavy atom. The van der Waals surface area contributed by atoms with Gasteiger partial charge in [0.25, 0.3) is 0 Å². The number of unbranched alkanes of at least 4 members (excludes halogenated alkanes) is 9. The van der Waals surface area contributed by atoms with Crippen molar-refractivity contribution >= 4 is 0 Å². The molecule has 2 aliphatic rings. The summed E-state index contributed by atoms with van der Waals surface area (Å²) in [6, 6.07) is 0. The summed E-state index contributed by atoms with van der Waals surface area (Å²) < 4.78 is 0. The third kappa shape index (κ3) is 9.85. The zero-order valence-corrected chi connectivity index (χ0v) is 19.2. The highest BCUT2D eigenvalue weighted by Crippen LogP contribution is 2.43. The average Bonchev–Trinajstić information content (AvgIpc) is 2.71. The smallest absolute Gasteiger partial charge is 0.0386 e. The summed E-state index contributed by atoms with van der Waals surface area (Å²) in [6.07, 6.45) is 31.8. The van der Waals surface area contributed by atoms with E-state index in [1.54, 1.807) is 64.2 Å². The van der Waals surface area contributed by atoms with Gasteiger partial charge in [0.15, 0.2) is 0 Å². The highest BCUT2D eigenvalue weighted by atomic mass is 14.4. The minimum atomic E-state index is 1.09. The van der Waals surface area contributed by atoms with Gasteiger partial charge in [-0.05, 0) is 49.4 Å². The fourth-order valence-electron chi connectivity index (χ4n) is 6.15. The Labute approximate surface area is 172 Å². The van der Waals surface area contributed by atoms with Crippen LogP contribution < -0.4 is 0 Å². The Morgan fingerprint density at radius 3 is 1.11 bits per heavy atom. The van der Waals surface area contributed by atoms with Crippen LogP contribution in [0.5, 0.6) is 0 Å². The van der Waals surface area contributed by atoms with Crippen molar-refractivity contribution < 1.29 is 0 Å². The minimum Gasteiger partial charge on any atom is -0.0654 e. The first-order valence-corrected chi connectivity index (χ1v) is 13.3. The Kier molecular flexibility index (Phi) is 12.9. The Morgan fingerprint density at radius 2 is 0.741 bits per heavy atom. The van der Waals surface area contributed by atoms with Crippen LogP contribution in [0.4, 0.5) is 0 Å². The van der Waals surface area contributed by atoms with E-state index in [-0.39, 0.29) is 0 Å². The van der Waals surface area contributed by atoms with E-state index in [1.807, 2.05) is 0 Å². The van der Waals surface area contributed by atoms with Crippen molar-refractivity contribution in [1.82, 2.24) is 0 Å². The van der Waals surface area contributed by atoms with Crippen LogP contribution in [-0.2, 0) is 0 Å². The molecule has 160 valence electrons. The molecule has 2 fully saturated rings. The fourth-order valence-corrected chi connectivity index (χ4v) is 6.15. The van der Waals surface area contributed by atoms with Crippen LogP contribution in [0.15, 0.2) is 0 Å². The summed E-state index contributed by atoms with van der Waals surface area (Å²) >= 11 is 0. The fraction of sp³-hybridized carbons (Fsp3) is 1.00. The van der Waals surface area contributed by atoms with Crippen molar-refractivity contribution in [3.63, 3.8) is 0 Å². The second-order valence-corrected chi connectivity index (χ2v) is 10.3. The van der Waals surface area contributed by atoms with Gasteiger partial charge in [-0.1, -0.05) is 123 Å². The average molecular weight is 377 g/mol. The van der Waals surface area contributed by atoms with Gasteiger partial charge in [-0.25, -0.2) is 0 Å². The van der Waals surface area contributed by atoms with Crippen LogP contribution in [0.2, 0.25) is 0 Å². The van der Waals surface area contributed by atoms with Crippen molar-refractivity contribution in [2.24, 2.45) is 23.7 Å². The largest absolute Gasteiger partial charge is 0.0654 e. The molecule has 0 aromatic rings. The molecule has 2 rings (SSSR count). The highest BCUT2D eigenvalue weighted by molar-refractivity contribution is 4.82. The maximum Gasteiger partial charge on any atom is -0.0386 e. The first-order chi connectivity index (χ1) is 13.3. The van der Waals surface area contributed by atoms with Crippen LogP contribution in [0, 0.1) is 23.7 Å². The quantitative estimate of drug-likeness (QED) is 0.265. The number of hydrogen-bond donors (Lipinski definition) is 0. The SMILES string of the molecule is CCCCCCCC[C@H]1CC[C@H]([C@H]2CC[C@H](CCCCCCC)CC2)CC1. The van der Waals surface area contributed by atoms with Gasteiger partial charge in [0, 0.05) is 0 Å². The molecule has 0 bridgehead atoms. The zero-order chi connectivity index (χ0) is 19.2. The molecular formula is C27H52. The molecule has 0 aromatic heterocycles. The van der Waals surface area contributed by atoms with Crippen molar-refractivity contribution in [2.45, 2.75) is 149 Å². The van der Waals surface area contributed by atoms with Crippen molar-refractivity contribution in [1.29, 1.82) is 0 Å². The van der Waals surface area contributed by atoms with E-state index < -0.39 is 0 Å². The van der Waals surface area contributed by atoms with E-state index in [0.717, 1.165) is 23.7 Å². The molecule has 0 nitrogen and oxygen atoms in total. The standard InChI is InChI=1S/C27H52/c1-3-5-7-9-11-13-15-25-18-22-27(23-19-25)26-20-16-24(17-21-26)14-12-10-8-6-4-2/h24-27H,3-23H2,1-2H3/t24-,25-,26-,27-. The summed E-state index contributed by atoms with van der Waals surface area (Å²) in [7, 11) is 0. The first-order valence-electron chi connectivity index (χ1n) is 13.3. The molecule has 0 N–H and O–H groups in total. The molecule has 0 saturated heterocycles. The van der Waals surface area contributed by atoms with E-state index in [2.05, 4.69) is 13.8 Å². The van der Waals surface area contributed by atoms with Crippen molar-refractivity contribution in [3.05, 3.63) is 0 Å². The van der Waals surface area contributed by atoms with Gasteiger partial charge in [0.1, 0.15) is 0 Å². The molecule has 0 amide bonds. The number of rotatable bonds is 14. The molecule has 0 radical (unpaired) electrons. The maximum absolute atomic E-state index is 2.32. The third-order valence-electron chi connectivity index (χ3n) is 8.13. The van der Waals surface area contributed by atoms with Gasteiger partial charge in [-0.2, -0.15) is 0 Å². The summed E-state index contributed by atoms with van der Waals surface area (Å²) in [5.74, 6) is 4.39. The highest BCUT2D eigenvalue weighted by Gasteiger charge is 2.30. The van der Waals surface area contributed by atoms with Gasteiger partial charge in [0.2, 0.25) is 0 Å². The normalized spacial score (nSPS) is 29.1. The summed E-state index contributed by atoms with van der Waals surface area (Å²) in [5.41, 5.74) is 0. The topological polar surface area (TPSA) is 0 Å². The second kappa shape index (κ2) is 14.9. The van der Waals surface area contributed by atoms with E-state index >= 15 is 0 Å².